The molecular weight excluding hydrogens is 452 g/mol. The molecule has 6 nitrogen and oxygen atoms in total. The molecule has 2 aromatic carbocycles. The zero-order chi connectivity index (χ0) is 23.5. The molecule has 0 unspecified atom stereocenters. The fourth-order valence-electron chi connectivity index (χ4n) is 2.84. The second kappa shape index (κ2) is 8.84. The number of nitrogens with zero attached hydrogens (tertiary/aromatic N) is 1. The van der Waals surface area contributed by atoms with Gasteiger partial charge >= 0.3 is 6.18 Å². The number of alkyl halides is 3. The number of hydrogen-bond donors (Lipinski definition) is 1. The molecule has 0 bridgehead atoms. The second-order valence-electron chi connectivity index (χ2n) is 6.59. The zero-order valence-corrected chi connectivity index (χ0v) is 16.9. The smallest absolute Gasteiger partial charge is 0.417 e. The van der Waals surface area contributed by atoms with Gasteiger partial charge in [-0.2, -0.15) is 18.4 Å². The van der Waals surface area contributed by atoms with E-state index in [1.54, 1.807) is 10.8 Å². The minimum absolute atomic E-state index is 0.0308. The Bertz CT molecular complexity index is 1310. The third kappa shape index (κ3) is 5.15. The van der Waals surface area contributed by atoms with Gasteiger partial charge in [-0.1, -0.05) is 12.1 Å². The predicted octanol–water partition coefficient (Wildman–Crippen LogP) is 4.41. The molecule has 3 aromatic rings. The molecule has 0 saturated carbocycles. The lowest BCUT2D eigenvalue weighted by Gasteiger charge is -2.12. The average Bonchev–Trinajstić information content (AvgIpc) is 3.20. The average molecular weight is 466 g/mol. The van der Waals surface area contributed by atoms with E-state index in [1.165, 1.54) is 36.4 Å². The van der Waals surface area contributed by atoms with Crippen molar-refractivity contribution < 1.29 is 35.2 Å². The molecule has 0 spiro atoms. The maximum atomic E-state index is 13.8. The number of benzene rings is 2. The lowest BCUT2D eigenvalue weighted by atomic mass is 10.1. The number of carbonyl (C=O) groups excluding carboxylic acids is 1. The molecule has 1 amide bonds. The summed E-state index contributed by atoms with van der Waals surface area (Å²) in [6, 6.07) is 12.0. The molecule has 1 heterocycles. The molecule has 0 fully saturated rings. The van der Waals surface area contributed by atoms with Gasteiger partial charge in [-0.05, 0) is 42.5 Å². The van der Waals surface area contributed by atoms with E-state index in [1.807, 2.05) is 0 Å². The molecule has 3 rings (SSSR count). The lowest BCUT2D eigenvalue weighted by Crippen LogP contribution is -2.31. The summed E-state index contributed by atoms with van der Waals surface area (Å²) >= 11 is 0. The first kappa shape index (κ1) is 23.0. The first-order chi connectivity index (χ1) is 15.0. The molecule has 11 heteroatoms. The van der Waals surface area contributed by atoms with E-state index in [0.29, 0.717) is 6.07 Å². The summed E-state index contributed by atoms with van der Waals surface area (Å²) in [6.07, 6.45) is -5.33. The van der Waals surface area contributed by atoms with Crippen LogP contribution in [0.5, 0.6) is 0 Å². The quantitative estimate of drug-likeness (QED) is 0.543. The highest BCUT2D eigenvalue weighted by Crippen LogP contribution is 2.33. The summed E-state index contributed by atoms with van der Waals surface area (Å²) in [5.41, 5.74) is -1.95. The SMILES string of the molecule is N#Cc1ccc(S(=O)(=O)NC(=O)CCc2ccc(-c3ccccc3F)o2)cc1C(F)(F)F. The Morgan fingerprint density at radius 1 is 1.09 bits per heavy atom. The monoisotopic (exact) mass is 466 g/mol. The number of halogens is 4. The van der Waals surface area contributed by atoms with Gasteiger partial charge in [-0.3, -0.25) is 4.79 Å². The van der Waals surface area contributed by atoms with Gasteiger partial charge in [0.2, 0.25) is 5.91 Å². The number of nitriles is 1. The van der Waals surface area contributed by atoms with E-state index in [2.05, 4.69) is 0 Å². The maximum absolute atomic E-state index is 13.8. The zero-order valence-electron chi connectivity index (χ0n) is 16.1. The highest BCUT2D eigenvalue weighted by Gasteiger charge is 2.35. The molecule has 166 valence electrons. The third-order valence-corrected chi connectivity index (χ3v) is 5.75. The van der Waals surface area contributed by atoms with Gasteiger partial charge in [0.05, 0.1) is 27.7 Å². The Labute approximate surface area is 180 Å². The van der Waals surface area contributed by atoms with Crippen LogP contribution >= 0.6 is 0 Å². The molecule has 0 radical (unpaired) electrons. The Morgan fingerprint density at radius 3 is 2.47 bits per heavy atom. The van der Waals surface area contributed by atoms with Gasteiger partial charge in [0, 0.05) is 12.8 Å². The van der Waals surface area contributed by atoms with E-state index in [0.717, 1.165) is 12.1 Å². The maximum Gasteiger partial charge on any atom is 0.417 e. The van der Waals surface area contributed by atoms with E-state index in [-0.39, 0.29) is 29.9 Å². The van der Waals surface area contributed by atoms with E-state index in [9.17, 15) is 30.8 Å². The summed E-state index contributed by atoms with van der Waals surface area (Å²) in [5.74, 6) is -0.971. The number of nitrogens with one attached hydrogen (secondary N) is 1. The van der Waals surface area contributed by atoms with Crippen LogP contribution in [0.15, 0.2) is 63.9 Å². The molecule has 0 aliphatic heterocycles. The van der Waals surface area contributed by atoms with Crippen LogP contribution in [-0.4, -0.2) is 14.3 Å². The van der Waals surface area contributed by atoms with E-state index < -0.39 is 43.9 Å². The fraction of sp³-hybridized carbons (Fsp3) is 0.143. The Hall–Kier alpha value is -3.65. The van der Waals surface area contributed by atoms with Crippen molar-refractivity contribution in [2.24, 2.45) is 0 Å². The summed E-state index contributed by atoms with van der Waals surface area (Å²) in [6.45, 7) is 0. The first-order valence-corrected chi connectivity index (χ1v) is 10.5. The Morgan fingerprint density at radius 2 is 1.81 bits per heavy atom. The van der Waals surface area contributed by atoms with Crippen molar-refractivity contribution in [1.82, 2.24) is 4.72 Å². The Balaban J connectivity index is 1.69. The van der Waals surface area contributed by atoms with Crippen LogP contribution in [0.25, 0.3) is 11.3 Å². The number of furan rings is 1. The molecule has 0 aliphatic rings. The first-order valence-electron chi connectivity index (χ1n) is 9.02. The van der Waals surface area contributed by atoms with Gasteiger partial charge in [-0.25, -0.2) is 17.5 Å². The predicted molar refractivity (Wildman–Crippen MR) is 104 cm³/mol. The molecular formula is C21H14F4N2O4S. The molecule has 0 saturated heterocycles. The largest absolute Gasteiger partial charge is 0.461 e. The van der Waals surface area contributed by atoms with Crippen molar-refractivity contribution in [2.45, 2.75) is 23.9 Å². The number of aryl methyl sites for hydroxylation is 1. The third-order valence-electron chi connectivity index (χ3n) is 4.37. The number of rotatable bonds is 6. The van der Waals surface area contributed by atoms with Crippen molar-refractivity contribution in [1.29, 1.82) is 5.26 Å². The molecule has 32 heavy (non-hydrogen) atoms. The molecule has 0 aliphatic carbocycles. The molecule has 1 N–H and O–H groups in total. The number of amides is 1. The summed E-state index contributed by atoms with van der Waals surface area (Å²) in [5, 5.41) is 8.79. The highest BCUT2D eigenvalue weighted by atomic mass is 32.2. The summed E-state index contributed by atoms with van der Waals surface area (Å²) in [7, 11) is -4.60. The Kier molecular flexibility index (Phi) is 6.36. The van der Waals surface area contributed by atoms with E-state index in [4.69, 9.17) is 9.68 Å². The van der Waals surface area contributed by atoms with Crippen LogP contribution in [0.2, 0.25) is 0 Å². The van der Waals surface area contributed by atoms with Gasteiger partial charge in [0.25, 0.3) is 10.0 Å². The van der Waals surface area contributed by atoms with Crippen LogP contribution in [0.1, 0.15) is 23.3 Å². The van der Waals surface area contributed by atoms with Crippen molar-refractivity contribution in [2.75, 3.05) is 0 Å². The fourth-order valence-corrected chi connectivity index (χ4v) is 3.88. The minimum Gasteiger partial charge on any atom is -0.461 e. The second-order valence-corrected chi connectivity index (χ2v) is 8.27. The van der Waals surface area contributed by atoms with Gasteiger partial charge < -0.3 is 4.42 Å². The van der Waals surface area contributed by atoms with Gasteiger partial charge in [0.15, 0.2) is 0 Å². The van der Waals surface area contributed by atoms with Crippen molar-refractivity contribution >= 4 is 15.9 Å². The van der Waals surface area contributed by atoms with E-state index >= 15 is 0 Å². The summed E-state index contributed by atoms with van der Waals surface area (Å²) < 4.78 is 84.8. The van der Waals surface area contributed by atoms with Crippen LogP contribution in [0, 0.1) is 17.1 Å². The minimum atomic E-state index is -4.95. The highest BCUT2D eigenvalue weighted by molar-refractivity contribution is 7.90. The van der Waals surface area contributed by atoms with Gasteiger partial charge in [-0.15, -0.1) is 0 Å². The van der Waals surface area contributed by atoms with Crippen LogP contribution < -0.4 is 4.72 Å². The molecule has 1 aromatic heterocycles. The van der Waals surface area contributed by atoms with Gasteiger partial charge in [0.1, 0.15) is 17.3 Å². The van der Waals surface area contributed by atoms with Crippen molar-refractivity contribution in [3.8, 4) is 17.4 Å². The molecule has 0 atom stereocenters. The topological polar surface area (TPSA) is 100 Å². The lowest BCUT2D eigenvalue weighted by molar-refractivity contribution is -0.137. The van der Waals surface area contributed by atoms with Crippen LogP contribution in [-0.2, 0) is 27.4 Å². The summed E-state index contributed by atoms with van der Waals surface area (Å²) in [4.78, 5) is 11.3. The normalized spacial score (nSPS) is 11.7. The van der Waals surface area contributed by atoms with Crippen molar-refractivity contribution in [3.05, 3.63) is 77.3 Å². The standard InChI is InChI=1S/C21H14F4N2O4S/c22-18-4-2-1-3-16(18)19-9-6-14(31-19)7-10-20(28)27-32(29,30)15-8-5-13(12-26)17(11-15)21(23,24)25/h1-6,8-9,11H,7,10H2,(H,27,28). The van der Waals surface area contributed by atoms with Crippen LogP contribution in [0.3, 0.4) is 0 Å². The number of carbonyl (C=O) groups is 1. The number of hydrogen-bond acceptors (Lipinski definition) is 5. The number of sulfonamides is 1. The van der Waals surface area contributed by atoms with Crippen molar-refractivity contribution in [3.63, 3.8) is 0 Å². The van der Waals surface area contributed by atoms with Crippen LogP contribution in [0.4, 0.5) is 17.6 Å².